The molecule has 2 amide bonds. The van der Waals surface area contributed by atoms with Crippen molar-refractivity contribution in [2.45, 2.75) is 38.0 Å². The molecule has 186 valence electrons. The Labute approximate surface area is 210 Å². The fourth-order valence-corrected chi connectivity index (χ4v) is 3.61. The Kier molecular flexibility index (Phi) is 10.2. The van der Waals surface area contributed by atoms with E-state index in [1.165, 1.54) is 6.08 Å². The van der Waals surface area contributed by atoms with E-state index in [0.717, 1.165) is 22.9 Å². The van der Waals surface area contributed by atoms with Gasteiger partial charge in [0.25, 0.3) is 0 Å². The molecule has 3 aromatic carbocycles. The first-order chi connectivity index (χ1) is 17.5. The highest BCUT2D eigenvalue weighted by molar-refractivity contribution is 5.86. The molecule has 0 heterocycles. The third-order valence-electron chi connectivity index (χ3n) is 5.46. The fourth-order valence-electron chi connectivity index (χ4n) is 3.61. The van der Waals surface area contributed by atoms with Gasteiger partial charge in [-0.05, 0) is 29.5 Å². The minimum Gasteiger partial charge on any atom is -0.445 e. The van der Waals surface area contributed by atoms with Crippen LogP contribution < -0.4 is 10.6 Å². The van der Waals surface area contributed by atoms with Crippen molar-refractivity contribution in [3.63, 3.8) is 0 Å². The van der Waals surface area contributed by atoms with Gasteiger partial charge in [-0.15, -0.1) is 0 Å². The van der Waals surface area contributed by atoms with E-state index in [-0.39, 0.29) is 13.0 Å². The predicted octanol–water partition coefficient (Wildman–Crippen LogP) is 4.43. The maximum atomic E-state index is 13.2. The molecule has 3 rings (SSSR count). The molecule has 0 spiro atoms. The summed E-state index contributed by atoms with van der Waals surface area (Å²) in [6.45, 7) is 0.0671. The molecule has 2 atom stereocenters. The smallest absolute Gasteiger partial charge is 0.408 e. The van der Waals surface area contributed by atoms with Crippen molar-refractivity contribution in [3.8, 4) is 0 Å². The van der Waals surface area contributed by atoms with Gasteiger partial charge in [0.15, 0.2) is 0 Å². The Balaban J connectivity index is 1.68. The zero-order valence-corrected chi connectivity index (χ0v) is 19.8. The van der Waals surface area contributed by atoms with Crippen LogP contribution in [0.15, 0.2) is 103 Å². The van der Waals surface area contributed by atoms with Gasteiger partial charge in [-0.1, -0.05) is 91.0 Å². The molecule has 8 heteroatoms. The normalized spacial score (nSPS) is 12.4. The lowest BCUT2D eigenvalue weighted by Gasteiger charge is -2.22. The molecule has 8 nitrogen and oxygen atoms in total. The molecule has 0 saturated carbocycles. The molecule has 0 radical (unpaired) electrons. The van der Waals surface area contributed by atoms with E-state index in [4.69, 9.17) is 4.74 Å². The van der Waals surface area contributed by atoms with E-state index in [1.54, 1.807) is 0 Å². The van der Waals surface area contributed by atoms with Crippen LogP contribution in [0.4, 0.5) is 4.79 Å². The summed E-state index contributed by atoms with van der Waals surface area (Å²) in [5, 5.41) is 16.4. The molecular weight excluding hydrogens is 458 g/mol. The number of hydrogen-bond acceptors (Lipinski definition) is 5. The van der Waals surface area contributed by atoms with E-state index in [9.17, 15) is 19.7 Å². The summed E-state index contributed by atoms with van der Waals surface area (Å²) >= 11 is 0. The third kappa shape index (κ3) is 9.42. The number of aryl methyl sites for hydroxylation is 1. The number of ether oxygens (including phenoxy) is 1. The first-order valence-electron chi connectivity index (χ1n) is 11.7. The lowest BCUT2D eigenvalue weighted by atomic mass is 10.0. The van der Waals surface area contributed by atoms with Gasteiger partial charge in [-0.3, -0.25) is 14.9 Å². The second-order valence-corrected chi connectivity index (χ2v) is 8.21. The Hall–Kier alpha value is -4.46. The van der Waals surface area contributed by atoms with Crippen LogP contribution in [0, 0.1) is 10.1 Å². The van der Waals surface area contributed by atoms with Crippen LogP contribution >= 0.6 is 0 Å². The highest BCUT2D eigenvalue weighted by Gasteiger charge is 2.24. The second-order valence-electron chi connectivity index (χ2n) is 8.21. The molecule has 3 aromatic rings. The average molecular weight is 488 g/mol. The van der Waals surface area contributed by atoms with Gasteiger partial charge in [0.2, 0.25) is 12.1 Å². The molecule has 0 saturated heterocycles. The summed E-state index contributed by atoms with van der Waals surface area (Å²) in [4.78, 5) is 36.1. The number of nitro groups is 1. The number of carbonyl (C=O) groups excluding carboxylic acids is 2. The van der Waals surface area contributed by atoms with Crippen LogP contribution in [0.1, 0.15) is 23.1 Å². The highest BCUT2D eigenvalue weighted by Crippen LogP contribution is 2.09. The molecule has 0 aliphatic carbocycles. The molecule has 36 heavy (non-hydrogen) atoms. The minimum absolute atomic E-state index is 0.0671. The van der Waals surface area contributed by atoms with Gasteiger partial charge in [0.05, 0.1) is 11.0 Å². The van der Waals surface area contributed by atoms with Crippen molar-refractivity contribution in [3.05, 3.63) is 130 Å². The molecule has 0 bridgehead atoms. The van der Waals surface area contributed by atoms with E-state index in [2.05, 4.69) is 10.6 Å². The van der Waals surface area contributed by atoms with Crippen molar-refractivity contribution in [2.24, 2.45) is 0 Å². The Morgan fingerprint density at radius 1 is 0.833 bits per heavy atom. The van der Waals surface area contributed by atoms with Gasteiger partial charge in [-0.25, -0.2) is 4.79 Å². The summed E-state index contributed by atoms with van der Waals surface area (Å²) in [6, 6.07) is 26.6. The van der Waals surface area contributed by atoms with E-state index >= 15 is 0 Å². The number of benzene rings is 3. The standard InChI is InChI=1S/C28H29N3O5/c32-27(29-25(18-19-31(34)35)17-16-22-10-4-1-5-11-22)26(20-23-12-6-2-7-13-23)30-28(33)36-21-24-14-8-3-9-15-24/h1-15,18-19,25-26H,16-17,20-21H2,(H,29,32)(H,30,33). The molecule has 0 fully saturated rings. The number of alkyl carbamates (subject to hydrolysis) is 1. The van der Waals surface area contributed by atoms with Gasteiger partial charge >= 0.3 is 6.09 Å². The molecule has 0 aliphatic heterocycles. The van der Waals surface area contributed by atoms with E-state index in [0.29, 0.717) is 12.8 Å². The first kappa shape index (κ1) is 26.2. The zero-order valence-electron chi connectivity index (χ0n) is 19.8. The van der Waals surface area contributed by atoms with Crippen LogP contribution in [-0.2, 0) is 29.0 Å². The topological polar surface area (TPSA) is 111 Å². The summed E-state index contributed by atoms with van der Waals surface area (Å²) in [7, 11) is 0. The highest BCUT2D eigenvalue weighted by atomic mass is 16.6. The van der Waals surface area contributed by atoms with Crippen LogP contribution in [0.5, 0.6) is 0 Å². The third-order valence-corrected chi connectivity index (χ3v) is 5.46. The van der Waals surface area contributed by atoms with Crippen molar-refractivity contribution in [1.29, 1.82) is 0 Å². The number of amides is 2. The van der Waals surface area contributed by atoms with Crippen LogP contribution in [-0.4, -0.2) is 29.0 Å². The number of rotatable bonds is 12. The fraction of sp³-hybridized carbons (Fsp3) is 0.214. The average Bonchev–Trinajstić information content (AvgIpc) is 2.90. The SMILES string of the molecule is O=C(NC(Cc1ccccc1)C(=O)NC(C=C[N+](=O)[O-])CCc1ccccc1)OCc1ccccc1. The van der Waals surface area contributed by atoms with Crippen LogP contribution in [0.25, 0.3) is 0 Å². The zero-order chi connectivity index (χ0) is 25.6. The summed E-state index contributed by atoms with van der Waals surface area (Å²) in [5.41, 5.74) is 2.72. The van der Waals surface area contributed by atoms with Gasteiger partial charge in [0, 0.05) is 12.5 Å². The Morgan fingerprint density at radius 2 is 1.39 bits per heavy atom. The number of nitrogens with zero attached hydrogens (tertiary/aromatic N) is 1. The number of nitrogens with one attached hydrogen (secondary N) is 2. The maximum Gasteiger partial charge on any atom is 0.408 e. The first-order valence-corrected chi connectivity index (χ1v) is 11.7. The van der Waals surface area contributed by atoms with Gasteiger partial charge in [0.1, 0.15) is 12.6 Å². The largest absolute Gasteiger partial charge is 0.445 e. The van der Waals surface area contributed by atoms with Gasteiger partial charge < -0.3 is 15.4 Å². The van der Waals surface area contributed by atoms with Crippen molar-refractivity contribution in [2.75, 3.05) is 0 Å². The quantitative estimate of drug-likeness (QED) is 0.290. The molecule has 0 aliphatic rings. The summed E-state index contributed by atoms with van der Waals surface area (Å²) in [6.07, 6.45) is 2.76. The van der Waals surface area contributed by atoms with Crippen LogP contribution in [0.3, 0.4) is 0 Å². The second kappa shape index (κ2) is 14.1. The lowest BCUT2D eigenvalue weighted by molar-refractivity contribution is -0.402. The maximum absolute atomic E-state index is 13.2. The van der Waals surface area contributed by atoms with E-state index in [1.807, 2.05) is 91.0 Å². The minimum atomic E-state index is -0.932. The lowest BCUT2D eigenvalue weighted by Crippen LogP contribution is -2.50. The van der Waals surface area contributed by atoms with E-state index < -0.39 is 29.0 Å². The molecule has 0 aromatic heterocycles. The number of carbonyl (C=O) groups is 2. The van der Waals surface area contributed by atoms with Crippen molar-refractivity contribution >= 4 is 12.0 Å². The predicted molar refractivity (Wildman–Crippen MR) is 137 cm³/mol. The Bertz CT molecular complexity index is 1140. The number of hydrogen-bond donors (Lipinski definition) is 2. The monoisotopic (exact) mass is 487 g/mol. The van der Waals surface area contributed by atoms with Gasteiger partial charge in [-0.2, -0.15) is 0 Å². The summed E-state index contributed by atoms with van der Waals surface area (Å²) in [5.74, 6) is -0.457. The van der Waals surface area contributed by atoms with Crippen molar-refractivity contribution < 1.29 is 19.2 Å². The Morgan fingerprint density at radius 3 is 1.97 bits per heavy atom. The molecular formula is C28H29N3O5. The van der Waals surface area contributed by atoms with Crippen molar-refractivity contribution in [1.82, 2.24) is 10.6 Å². The van der Waals surface area contributed by atoms with Crippen LogP contribution in [0.2, 0.25) is 0 Å². The molecule has 2 N–H and O–H groups in total. The molecule has 2 unspecified atom stereocenters. The summed E-state index contributed by atoms with van der Waals surface area (Å²) < 4.78 is 5.30.